The lowest BCUT2D eigenvalue weighted by atomic mass is 9.95. The zero-order chi connectivity index (χ0) is 12.2. The molecule has 4 heteroatoms. The summed E-state index contributed by atoms with van der Waals surface area (Å²) in [4.78, 5) is 11.5. The van der Waals surface area contributed by atoms with Crippen LogP contribution in [0.1, 0.15) is 26.7 Å². The van der Waals surface area contributed by atoms with Gasteiger partial charge in [0.15, 0.2) is 0 Å². The Morgan fingerprint density at radius 1 is 1.50 bits per heavy atom. The Morgan fingerprint density at radius 2 is 2.12 bits per heavy atom. The largest absolute Gasteiger partial charge is 0.371 e. The zero-order valence-corrected chi connectivity index (χ0v) is 11.2. The molecule has 88 valence electrons. The van der Waals surface area contributed by atoms with E-state index in [1.165, 1.54) is 0 Å². The Bertz CT molecular complexity index is 381. The number of primary amides is 1. The fourth-order valence-corrected chi connectivity index (χ4v) is 1.99. The van der Waals surface area contributed by atoms with Gasteiger partial charge in [-0.25, -0.2) is 0 Å². The summed E-state index contributed by atoms with van der Waals surface area (Å²) < 4.78 is 0.929. The average molecular weight is 285 g/mol. The van der Waals surface area contributed by atoms with Crippen LogP contribution in [0, 0.1) is 0 Å². The van der Waals surface area contributed by atoms with Crippen LogP contribution in [0.4, 0.5) is 5.69 Å². The van der Waals surface area contributed by atoms with Gasteiger partial charge in [0.25, 0.3) is 0 Å². The molecule has 1 aromatic rings. The van der Waals surface area contributed by atoms with Gasteiger partial charge in [-0.2, -0.15) is 0 Å². The Balaban J connectivity index is 2.92. The number of para-hydroxylation sites is 1. The van der Waals surface area contributed by atoms with Crippen molar-refractivity contribution in [2.45, 2.75) is 32.2 Å². The molecular formula is C12H17BrN2O. The average Bonchev–Trinajstić information content (AvgIpc) is 2.21. The number of hydrogen-bond donors (Lipinski definition) is 2. The van der Waals surface area contributed by atoms with Crippen molar-refractivity contribution in [2.24, 2.45) is 5.73 Å². The van der Waals surface area contributed by atoms with Gasteiger partial charge in [-0.15, -0.1) is 0 Å². The monoisotopic (exact) mass is 284 g/mol. The standard InChI is InChI=1S/C12H17BrN2O/c1-3-8-12(2,11(14)16)15-10-7-5-4-6-9(10)13/h4-7,15H,3,8H2,1-2H3,(H2,14,16). The summed E-state index contributed by atoms with van der Waals surface area (Å²) in [6.45, 7) is 3.86. The second-order valence-electron chi connectivity index (χ2n) is 4.05. The van der Waals surface area contributed by atoms with Gasteiger partial charge in [0.2, 0.25) is 5.91 Å². The first-order valence-electron chi connectivity index (χ1n) is 5.32. The molecule has 0 saturated carbocycles. The van der Waals surface area contributed by atoms with Crippen LogP contribution in [-0.4, -0.2) is 11.4 Å². The number of halogens is 1. The van der Waals surface area contributed by atoms with Gasteiger partial charge >= 0.3 is 0 Å². The molecule has 1 aromatic carbocycles. The lowest BCUT2D eigenvalue weighted by molar-refractivity contribution is -0.122. The van der Waals surface area contributed by atoms with Crippen molar-refractivity contribution in [3.8, 4) is 0 Å². The van der Waals surface area contributed by atoms with Crippen molar-refractivity contribution in [1.29, 1.82) is 0 Å². The summed E-state index contributed by atoms with van der Waals surface area (Å²) in [5.74, 6) is -0.329. The first-order chi connectivity index (χ1) is 7.49. The van der Waals surface area contributed by atoms with E-state index in [4.69, 9.17) is 5.73 Å². The molecule has 0 bridgehead atoms. The molecule has 1 atom stereocenters. The van der Waals surface area contributed by atoms with Gasteiger partial charge in [-0.05, 0) is 41.4 Å². The van der Waals surface area contributed by atoms with Crippen LogP contribution in [-0.2, 0) is 4.79 Å². The van der Waals surface area contributed by atoms with Gasteiger partial charge in [-0.1, -0.05) is 25.5 Å². The highest BCUT2D eigenvalue weighted by atomic mass is 79.9. The maximum absolute atomic E-state index is 11.5. The molecule has 0 fully saturated rings. The van der Waals surface area contributed by atoms with Crippen molar-refractivity contribution in [1.82, 2.24) is 0 Å². The Morgan fingerprint density at radius 3 is 2.62 bits per heavy atom. The smallest absolute Gasteiger partial charge is 0.242 e. The van der Waals surface area contributed by atoms with Gasteiger partial charge in [0, 0.05) is 10.2 Å². The number of nitrogens with two attached hydrogens (primary N) is 1. The number of nitrogens with one attached hydrogen (secondary N) is 1. The predicted molar refractivity (Wildman–Crippen MR) is 70.3 cm³/mol. The molecule has 0 saturated heterocycles. The fraction of sp³-hybridized carbons (Fsp3) is 0.417. The number of carbonyl (C=O) groups is 1. The minimum atomic E-state index is -0.696. The number of anilines is 1. The third kappa shape index (κ3) is 2.98. The molecule has 0 radical (unpaired) electrons. The van der Waals surface area contributed by atoms with E-state index < -0.39 is 5.54 Å². The normalized spacial score (nSPS) is 14.2. The second-order valence-corrected chi connectivity index (χ2v) is 4.91. The first kappa shape index (κ1) is 13.0. The highest BCUT2D eigenvalue weighted by Crippen LogP contribution is 2.26. The van der Waals surface area contributed by atoms with Crippen molar-refractivity contribution in [3.05, 3.63) is 28.7 Å². The summed E-state index contributed by atoms with van der Waals surface area (Å²) in [6, 6.07) is 7.69. The highest BCUT2D eigenvalue weighted by Gasteiger charge is 2.30. The predicted octanol–water partition coefficient (Wildman–Crippen LogP) is 2.91. The Labute approximate surface area is 105 Å². The number of benzene rings is 1. The molecule has 0 spiro atoms. The van der Waals surface area contributed by atoms with Crippen LogP contribution in [0.5, 0.6) is 0 Å². The molecule has 0 aliphatic rings. The van der Waals surface area contributed by atoms with E-state index in [0.717, 1.165) is 16.6 Å². The summed E-state index contributed by atoms with van der Waals surface area (Å²) in [7, 11) is 0. The van der Waals surface area contributed by atoms with Gasteiger partial charge < -0.3 is 11.1 Å². The second kappa shape index (κ2) is 5.34. The zero-order valence-electron chi connectivity index (χ0n) is 9.59. The Hall–Kier alpha value is -1.03. The molecule has 3 nitrogen and oxygen atoms in total. The Kier molecular flexibility index (Phi) is 4.35. The van der Waals surface area contributed by atoms with Crippen molar-refractivity contribution in [3.63, 3.8) is 0 Å². The topological polar surface area (TPSA) is 55.1 Å². The van der Waals surface area contributed by atoms with E-state index in [9.17, 15) is 4.79 Å². The van der Waals surface area contributed by atoms with E-state index in [1.807, 2.05) is 38.1 Å². The van der Waals surface area contributed by atoms with Crippen LogP contribution in [0.25, 0.3) is 0 Å². The van der Waals surface area contributed by atoms with E-state index in [1.54, 1.807) is 0 Å². The van der Waals surface area contributed by atoms with Crippen LogP contribution in [0.2, 0.25) is 0 Å². The molecule has 3 N–H and O–H groups in total. The minimum Gasteiger partial charge on any atom is -0.371 e. The molecule has 16 heavy (non-hydrogen) atoms. The van der Waals surface area contributed by atoms with Gasteiger partial charge in [0.1, 0.15) is 5.54 Å². The molecular weight excluding hydrogens is 268 g/mol. The quantitative estimate of drug-likeness (QED) is 0.874. The van der Waals surface area contributed by atoms with Crippen LogP contribution in [0.3, 0.4) is 0 Å². The summed E-state index contributed by atoms with van der Waals surface area (Å²) in [5, 5.41) is 3.20. The minimum absolute atomic E-state index is 0.329. The van der Waals surface area contributed by atoms with Crippen LogP contribution < -0.4 is 11.1 Å². The van der Waals surface area contributed by atoms with Gasteiger partial charge in [-0.3, -0.25) is 4.79 Å². The van der Waals surface area contributed by atoms with Crippen molar-refractivity contribution >= 4 is 27.5 Å². The maximum atomic E-state index is 11.5. The molecule has 0 aliphatic carbocycles. The van der Waals surface area contributed by atoms with E-state index in [-0.39, 0.29) is 5.91 Å². The number of hydrogen-bond acceptors (Lipinski definition) is 2. The van der Waals surface area contributed by atoms with Crippen LogP contribution in [0.15, 0.2) is 28.7 Å². The number of amides is 1. The van der Waals surface area contributed by atoms with Crippen molar-refractivity contribution < 1.29 is 4.79 Å². The lowest BCUT2D eigenvalue weighted by Gasteiger charge is -2.28. The molecule has 1 rings (SSSR count). The maximum Gasteiger partial charge on any atom is 0.242 e. The van der Waals surface area contributed by atoms with E-state index in [2.05, 4.69) is 21.2 Å². The molecule has 0 aliphatic heterocycles. The molecule has 1 unspecified atom stereocenters. The third-order valence-electron chi connectivity index (χ3n) is 2.58. The lowest BCUT2D eigenvalue weighted by Crippen LogP contribution is -2.47. The van der Waals surface area contributed by atoms with Crippen molar-refractivity contribution in [2.75, 3.05) is 5.32 Å². The highest BCUT2D eigenvalue weighted by molar-refractivity contribution is 9.10. The summed E-state index contributed by atoms with van der Waals surface area (Å²) >= 11 is 3.43. The molecule has 1 amide bonds. The fourth-order valence-electron chi connectivity index (χ4n) is 1.61. The number of carbonyl (C=O) groups excluding carboxylic acids is 1. The SMILES string of the molecule is CCCC(C)(Nc1ccccc1Br)C(N)=O. The molecule has 0 heterocycles. The van der Waals surface area contributed by atoms with Gasteiger partial charge in [0.05, 0.1) is 0 Å². The third-order valence-corrected chi connectivity index (χ3v) is 3.27. The van der Waals surface area contributed by atoms with Crippen LogP contribution >= 0.6 is 15.9 Å². The first-order valence-corrected chi connectivity index (χ1v) is 6.11. The molecule has 0 aromatic heterocycles. The number of rotatable bonds is 5. The summed E-state index contributed by atoms with van der Waals surface area (Å²) in [6.07, 6.45) is 1.61. The summed E-state index contributed by atoms with van der Waals surface area (Å²) in [5.41, 5.74) is 5.63. The van der Waals surface area contributed by atoms with E-state index in [0.29, 0.717) is 6.42 Å². The van der Waals surface area contributed by atoms with E-state index >= 15 is 0 Å².